The second-order valence-electron chi connectivity index (χ2n) is 2.02. The molecule has 0 spiro atoms. The molecule has 0 radical (unpaired) electrons. The van der Waals surface area contributed by atoms with Crippen LogP contribution < -0.4 is 0 Å². The molecule has 0 rings (SSSR count). The van der Waals surface area contributed by atoms with Crippen LogP contribution in [0.5, 0.6) is 0 Å². The SMILES string of the molecule is C#CCOCC#CCOC(=O)OCC. The number of ether oxygens (including phenoxy) is 3. The van der Waals surface area contributed by atoms with Crippen LogP contribution in [0, 0.1) is 24.2 Å². The Morgan fingerprint density at radius 1 is 1.21 bits per heavy atom. The van der Waals surface area contributed by atoms with Crippen LogP contribution in [0.4, 0.5) is 4.79 Å². The van der Waals surface area contributed by atoms with E-state index < -0.39 is 6.16 Å². The van der Waals surface area contributed by atoms with Crippen molar-refractivity contribution in [2.24, 2.45) is 0 Å². The van der Waals surface area contributed by atoms with Gasteiger partial charge in [0.05, 0.1) is 6.61 Å². The van der Waals surface area contributed by atoms with Gasteiger partial charge >= 0.3 is 6.16 Å². The number of carbonyl (C=O) groups is 1. The van der Waals surface area contributed by atoms with Crippen molar-refractivity contribution in [3.05, 3.63) is 0 Å². The van der Waals surface area contributed by atoms with Gasteiger partial charge in [-0.15, -0.1) is 6.42 Å². The van der Waals surface area contributed by atoms with E-state index in [0.717, 1.165) is 0 Å². The highest BCUT2D eigenvalue weighted by Crippen LogP contribution is 1.82. The highest BCUT2D eigenvalue weighted by atomic mass is 16.7. The van der Waals surface area contributed by atoms with Gasteiger partial charge < -0.3 is 14.2 Å². The topological polar surface area (TPSA) is 44.8 Å². The molecule has 0 saturated carbocycles. The summed E-state index contributed by atoms with van der Waals surface area (Å²) in [6.07, 6.45) is 4.22. The highest BCUT2D eigenvalue weighted by molar-refractivity contribution is 5.59. The van der Waals surface area contributed by atoms with Gasteiger partial charge in [0.2, 0.25) is 0 Å². The maximum Gasteiger partial charge on any atom is 0.509 e. The molecule has 4 heteroatoms. The van der Waals surface area contributed by atoms with E-state index in [1.807, 2.05) is 0 Å². The van der Waals surface area contributed by atoms with E-state index in [-0.39, 0.29) is 26.4 Å². The minimum absolute atomic E-state index is 0.00174. The van der Waals surface area contributed by atoms with E-state index in [2.05, 4.69) is 27.2 Å². The summed E-state index contributed by atoms with van der Waals surface area (Å²) in [6.45, 7) is 2.44. The van der Waals surface area contributed by atoms with Crippen molar-refractivity contribution in [2.75, 3.05) is 26.4 Å². The molecule has 0 N–H and O–H groups in total. The lowest BCUT2D eigenvalue weighted by atomic mass is 10.6. The molecule has 0 fully saturated rings. The summed E-state index contributed by atoms with van der Waals surface area (Å²) in [5.74, 6) is 7.48. The number of rotatable bonds is 4. The monoisotopic (exact) mass is 196 g/mol. The van der Waals surface area contributed by atoms with Crippen molar-refractivity contribution >= 4 is 6.16 Å². The fraction of sp³-hybridized carbons (Fsp3) is 0.500. The van der Waals surface area contributed by atoms with E-state index in [1.54, 1.807) is 6.92 Å². The molecule has 0 saturated heterocycles. The first kappa shape index (κ1) is 12.3. The van der Waals surface area contributed by atoms with Gasteiger partial charge in [0.1, 0.15) is 13.2 Å². The molecule has 0 aliphatic carbocycles. The smallest absolute Gasteiger partial charge is 0.435 e. The highest BCUT2D eigenvalue weighted by Gasteiger charge is 1.97. The zero-order valence-electron chi connectivity index (χ0n) is 8.04. The lowest BCUT2D eigenvalue weighted by Gasteiger charge is -1.98. The molecular weight excluding hydrogens is 184 g/mol. The molecule has 14 heavy (non-hydrogen) atoms. The Labute approximate surface area is 83.5 Å². The summed E-state index contributed by atoms with van der Waals surface area (Å²) in [6, 6.07) is 0. The molecule has 0 aromatic rings. The summed E-state index contributed by atoms with van der Waals surface area (Å²) in [4.78, 5) is 10.6. The van der Waals surface area contributed by atoms with E-state index in [0.29, 0.717) is 0 Å². The maximum atomic E-state index is 10.6. The van der Waals surface area contributed by atoms with Gasteiger partial charge in [-0.1, -0.05) is 17.8 Å². The van der Waals surface area contributed by atoms with E-state index in [4.69, 9.17) is 11.2 Å². The number of carbonyl (C=O) groups excluding carboxylic acids is 1. The first-order valence-corrected chi connectivity index (χ1v) is 4.07. The van der Waals surface area contributed by atoms with Crippen molar-refractivity contribution in [3.8, 4) is 24.2 Å². The van der Waals surface area contributed by atoms with Crippen molar-refractivity contribution in [3.63, 3.8) is 0 Å². The summed E-state index contributed by atoms with van der Waals surface area (Å²) >= 11 is 0. The second-order valence-corrected chi connectivity index (χ2v) is 2.02. The Bertz CT molecular complexity index is 254. The van der Waals surface area contributed by atoms with Crippen LogP contribution in [-0.4, -0.2) is 32.6 Å². The molecular formula is C10H12O4. The molecule has 0 unspecified atom stereocenters. The predicted octanol–water partition coefficient (Wildman–Crippen LogP) is 0.813. The van der Waals surface area contributed by atoms with Gasteiger partial charge in [0.15, 0.2) is 6.61 Å². The number of terminal acetylenes is 1. The minimum Gasteiger partial charge on any atom is -0.435 e. The summed E-state index contributed by atoms with van der Waals surface area (Å²) in [5, 5.41) is 0. The van der Waals surface area contributed by atoms with Gasteiger partial charge in [-0.2, -0.15) is 0 Å². The lowest BCUT2D eigenvalue weighted by Crippen LogP contribution is -2.06. The van der Waals surface area contributed by atoms with Gasteiger partial charge in [-0.25, -0.2) is 4.79 Å². The van der Waals surface area contributed by atoms with Crippen LogP contribution in [-0.2, 0) is 14.2 Å². The molecule has 0 atom stereocenters. The zero-order valence-corrected chi connectivity index (χ0v) is 8.04. The van der Waals surface area contributed by atoms with Crippen LogP contribution in [0.15, 0.2) is 0 Å². The first-order valence-electron chi connectivity index (χ1n) is 4.07. The zero-order chi connectivity index (χ0) is 10.6. The molecule has 0 heterocycles. The van der Waals surface area contributed by atoms with Gasteiger partial charge in [0.25, 0.3) is 0 Å². The summed E-state index contributed by atoms with van der Waals surface area (Å²) in [7, 11) is 0. The largest absolute Gasteiger partial charge is 0.509 e. The quantitative estimate of drug-likeness (QED) is 0.379. The molecule has 0 bridgehead atoms. The van der Waals surface area contributed by atoms with Gasteiger partial charge in [0, 0.05) is 0 Å². The Kier molecular flexibility index (Phi) is 8.33. The van der Waals surface area contributed by atoms with Crippen molar-refractivity contribution in [1.82, 2.24) is 0 Å². The summed E-state index contributed by atoms with van der Waals surface area (Å²) in [5.41, 5.74) is 0. The third-order valence-corrected chi connectivity index (χ3v) is 1.01. The Morgan fingerprint density at radius 3 is 2.57 bits per heavy atom. The standard InChI is InChI=1S/C10H12O4/c1-3-7-12-8-5-6-9-14-10(11)13-4-2/h1H,4,7-9H2,2H3. The van der Waals surface area contributed by atoms with Crippen LogP contribution in [0.3, 0.4) is 0 Å². The van der Waals surface area contributed by atoms with Crippen molar-refractivity contribution < 1.29 is 19.0 Å². The van der Waals surface area contributed by atoms with Crippen LogP contribution >= 0.6 is 0 Å². The lowest BCUT2D eigenvalue weighted by molar-refractivity contribution is 0.0686. The van der Waals surface area contributed by atoms with Crippen molar-refractivity contribution in [2.45, 2.75) is 6.92 Å². The predicted molar refractivity (Wildman–Crippen MR) is 50.4 cm³/mol. The molecule has 0 aromatic carbocycles. The maximum absolute atomic E-state index is 10.6. The Morgan fingerprint density at radius 2 is 1.93 bits per heavy atom. The number of hydrogen-bond acceptors (Lipinski definition) is 4. The molecule has 0 aliphatic heterocycles. The van der Waals surface area contributed by atoms with Gasteiger partial charge in [-0.3, -0.25) is 0 Å². The normalized spacial score (nSPS) is 8.00. The van der Waals surface area contributed by atoms with Crippen LogP contribution in [0.2, 0.25) is 0 Å². The van der Waals surface area contributed by atoms with Crippen molar-refractivity contribution in [1.29, 1.82) is 0 Å². The molecule has 0 aromatic heterocycles. The molecule has 4 nitrogen and oxygen atoms in total. The minimum atomic E-state index is -0.716. The molecule has 76 valence electrons. The number of hydrogen-bond donors (Lipinski definition) is 0. The van der Waals surface area contributed by atoms with Gasteiger partial charge in [-0.05, 0) is 6.92 Å². The third-order valence-electron chi connectivity index (χ3n) is 1.01. The van der Waals surface area contributed by atoms with E-state index in [1.165, 1.54) is 0 Å². The fourth-order valence-electron chi connectivity index (χ4n) is 0.518. The average Bonchev–Trinajstić information content (AvgIpc) is 2.17. The fourth-order valence-corrected chi connectivity index (χ4v) is 0.518. The average molecular weight is 196 g/mol. The van der Waals surface area contributed by atoms with Crippen LogP contribution in [0.25, 0.3) is 0 Å². The summed E-state index contributed by atoms with van der Waals surface area (Å²) < 4.78 is 13.9. The first-order chi connectivity index (χ1) is 6.81. The van der Waals surface area contributed by atoms with E-state index in [9.17, 15) is 4.79 Å². The third kappa shape index (κ3) is 8.45. The molecule has 0 amide bonds. The Hall–Kier alpha value is -1.65. The Balaban J connectivity index is 3.34. The van der Waals surface area contributed by atoms with Crippen LogP contribution in [0.1, 0.15) is 6.92 Å². The second kappa shape index (κ2) is 9.44. The van der Waals surface area contributed by atoms with E-state index >= 15 is 0 Å². The molecule has 0 aliphatic rings.